The molecule has 8 nitrogen and oxygen atoms in total. The Bertz CT molecular complexity index is 1630. The lowest BCUT2D eigenvalue weighted by molar-refractivity contribution is -0.457. The number of methoxy groups -OCH3 is 2. The molecule has 0 unspecified atom stereocenters. The van der Waals surface area contributed by atoms with Crippen LogP contribution >= 0.6 is 0 Å². The van der Waals surface area contributed by atoms with Crippen LogP contribution in [-0.2, 0) is 30.3 Å². The van der Waals surface area contributed by atoms with Crippen molar-refractivity contribution in [3.63, 3.8) is 0 Å². The number of fused-ring (bicyclic) bond motifs is 1. The molecule has 0 aliphatic carbocycles. The van der Waals surface area contributed by atoms with Crippen molar-refractivity contribution in [3.8, 4) is 0 Å². The average molecular weight is 531 g/mol. The molecule has 2 atom stereocenters. The summed E-state index contributed by atoms with van der Waals surface area (Å²) in [6, 6.07) is 37.8. The SMILES string of the molecule is COC(=O)C1=C(C(=O)OC)[C@]2(c3ccccc3)N=[N+](c3ccccc3)[N-][C@]2(c2ccccc2)N1c1ccccc1. The van der Waals surface area contributed by atoms with E-state index >= 15 is 0 Å². The summed E-state index contributed by atoms with van der Waals surface area (Å²) in [5.41, 5.74) is 5.02. The van der Waals surface area contributed by atoms with Crippen LogP contribution in [0.15, 0.2) is 138 Å². The number of para-hydroxylation sites is 2. The van der Waals surface area contributed by atoms with Crippen molar-refractivity contribution in [2.24, 2.45) is 5.11 Å². The van der Waals surface area contributed by atoms with Crippen molar-refractivity contribution < 1.29 is 23.9 Å². The fraction of sp³-hybridized carbons (Fsp3) is 0.125. The maximum Gasteiger partial charge on any atom is 0.355 e. The topological polar surface area (TPSA) is 85.3 Å². The monoisotopic (exact) mass is 530 g/mol. The molecule has 0 N–H and O–H groups in total. The predicted molar refractivity (Wildman–Crippen MR) is 148 cm³/mol. The molecular weight excluding hydrogens is 504 g/mol. The summed E-state index contributed by atoms with van der Waals surface area (Å²) in [6.45, 7) is 0. The van der Waals surface area contributed by atoms with E-state index in [-0.39, 0.29) is 11.3 Å². The Labute approximate surface area is 231 Å². The van der Waals surface area contributed by atoms with Crippen LogP contribution in [0, 0.1) is 0 Å². The van der Waals surface area contributed by atoms with E-state index < -0.39 is 23.1 Å². The minimum Gasteiger partial charge on any atom is -0.466 e. The number of rotatable bonds is 6. The van der Waals surface area contributed by atoms with E-state index in [0.717, 1.165) is 0 Å². The highest BCUT2D eigenvalue weighted by molar-refractivity contribution is 6.08. The van der Waals surface area contributed by atoms with Crippen LogP contribution < -0.4 is 4.90 Å². The highest BCUT2D eigenvalue weighted by Crippen LogP contribution is 2.66. The fourth-order valence-corrected chi connectivity index (χ4v) is 5.67. The van der Waals surface area contributed by atoms with Crippen LogP contribution in [0.3, 0.4) is 0 Å². The van der Waals surface area contributed by atoms with Crippen molar-refractivity contribution in [1.29, 1.82) is 0 Å². The van der Waals surface area contributed by atoms with Crippen LogP contribution in [0.25, 0.3) is 5.43 Å². The molecule has 2 aliphatic heterocycles. The lowest BCUT2D eigenvalue weighted by Crippen LogP contribution is -2.53. The van der Waals surface area contributed by atoms with Gasteiger partial charge in [0.2, 0.25) is 5.69 Å². The van der Waals surface area contributed by atoms with Gasteiger partial charge in [0, 0.05) is 17.8 Å². The lowest BCUT2D eigenvalue weighted by atomic mass is 9.72. The fourth-order valence-electron chi connectivity index (χ4n) is 5.67. The molecule has 0 aromatic heterocycles. The van der Waals surface area contributed by atoms with Crippen LogP contribution in [0.4, 0.5) is 11.4 Å². The van der Waals surface area contributed by atoms with Crippen LogP contribution in [-0.4, -0.2) is 31.0 Å². The minimum absolute atomic E-state index is 0.00784. The van der Waals surface area contributed by atoms with Gasteiger partial charge in [-0.05, 0) is 23.3 Å². The Hall–Kier alpha value is -5.24. The van der Waals surface area contributed by atoms with Crippen molar-refractivity contribution in [3.05, 3.63) is 149 Å². The molecule has 2 aliphatic rings. The predicted octanol–water partition coefficient (Wildman–Crippen LogP) is 5.95. The third-order valence-electron chi connectivity index (χ3n) is 7.27. The molecule has 4 aromatic rings. The maximum absolute atomic E-state index is 13.9. The van der Waals surface area contributed by atoms with Gasteiger partial charge in [-0.2, -0.15) is 10.5 Å². The van der Waals surface area contributed by atoms with Gasteiger partial charge in [0.25, 0.3) is 0 Å². The van der Waals surface area contributed by atoms with Crippen LogP contribution in [0.5, 0.6) is 0 Å². The molecule has 0 saturated carbocycles. The second kappa shape index (κ2) is 9.81. The molecule has 8 heteroatoms. The molecule has 0 amide bonds. The molecule has 4 aromatic carbocycles. The smallest absolute Gasteiger partial charge is 0.355 e. The van der Waals surface area contributed by atoms with Crippen molar-refractivity contribution >= 4 is 23.3 Å². The molecule has 0 saturated heterocycles. The number of nitrogens with zero attached hydrogens (tertiary/aromatic N) is 4. The highest BCUT2D eigenvalue weighted by Gasteiger charge is 2.70. The Morgan fingerprint density at radius 1 is 0.700 bits per heavy atom. The number of carbonyl (C=O) groups excluding carboxylic acids is 2. The summed E-state index contributed by atoms with van der Waals surface area (Å²) in [6.07, 6.45) is 0. The van der Waals surface area contributed by atoms with Crippen molar-refractivity contribution in [2.75, 3.05) is 19.1 Å². The number of azo groups is 1. The molecule has 0 bridgehead atoms. The molecule has 0 fully saturated rings. The zero-order chi connectivity index (χ0) is 27.7. The van der Waals surface area contributed by atoms with Gasteiger partial charge in [-0.3, -0.25) is 0 Å². The second-order valence-corrected chi connectivity index (χ2v) is 9.32. The van der Waals surface area contributed by atoms with Gasteiger partial charge >= 0.3 is 11.9 Å². The molecule has 198 valence electrons. The second-order valence-electron chi connectivity index (χ2n) is 9.32. The Morgan fingerprint density at radius 3 is 1.75 bits per heavy atom. The van der Waals surface area contributed by atoms with E-state index in [1.54, 1.807) is 9.71 Å². The first-order valence-corrected chi connectivity index (χ1v) is 12.8. The van der Waals surface area contributed by atoms with Crippen LogP contribution in [0.2, 0.25) is 0 Å². The highest BCUT2D eigenvalue weighted by atomic mass is 16.5. The average Bonchev–Trinajstić information content (AvgIpc) is 3.51. The minimum atomic E-state index is -1.54. The van der Waals surface area contributed by atoms with Crippen molar-refractivity contribution in [2.45, 2.75) is 11.2 Å². The Morgan fingerprint density at radius 2 is 1.20 bits per heavy atom. The molecule has 0 radical (unpaired) electrons. The Kier molecular flexibility index (Phi) is 6.15. The first kappa shape index (κ1) is 25.1. The first-order valence-electron chi connectivity index (χ1n) is 12.8. The van der Waals surface area contributed by atoms with Gasteiger partial charge in [-0.25, -0.2) is 9.59 Å². The number of anilines is 1. The summed E-state index contributed by atoms with van der Waals surface area (Å²) in [5, 5.41) is 5.22. The number of hydrogen-bond acceptors (Lipinski definition) is 6. The van der Waals surface area contributed by atoms with E-state index in [2.05, 4.69) is 0 Å². The van der Waals surface area contributed by atoms with Gasteiger partial charge in [-0.15, -0.1) is 4.81 Å². The van der Waals surface area contributed by atoms with E-state index in [1.807, 2.05) is 121 Å². The Balaban J connectivity index is 1.83. The molecule has 0 spiro atoms. The standard InChI is InChI=1S/C32H26N4O4/c1-39-29(37)27-28(30(38)40-2)35(25-19-11-5-12-20-25)32(24-17-9-4-10-18-24)31(27,23-15-7-3-8-16-23)33-36(34-32)26-21-13-6-14-22-26/h3-22H,1-2H3/t31-,32+/m0/s1. The van der Waals surface area contributed by atoms with Gasteiger partial charge in [-0.1, -0.05) is 97.1 Å². The third-order valence-corrected chi connectivity index (χ3v) is 7.27. The number of ether oxygens (including phenoxy) is 2. The molecular formula is C32H26N4O4. The zero-order valence-corrected chi connectivity index (χ0v) is 22.0. The summed E-state index contributed by atoms with van der Waals surface area (Å²) in [5.74, 6) is -1.42. The molecule has 40 heavy (non-hydrogen) atoms. The lowest BCUT2D eigenvalue weighted by Gasteiger charge is -2.47. The summed E-state index contributed by atoms with van der Waals surface area (Å²) >= 11 is 0. The van der Waals surface area contributed by atoms with Gasteiger partial charge < -0.3 is 14.4 Å². The largest absolute Gasteiger partial charge is 0.466 e. The van der Waals surface area contributed by atoms with Crippen molar-refractivity contribution in [1.82, 2.24) is 0 Å². The molecule has 2 heterocycles. The summed E-state index contributed by atoms with van der Waals surface area (Å²) < 4.78 is 10.7. The quantitative estimate of drug-likeness (QED) is 0.227. The number of esters is 2. The zero-order valence-electron chi connectivity index (χ0n) is 22.0. The normalized spacial score (nSPS) is 21.4. The summed E-state index contributed by atoms with van der Waals surface area (Å²) in [4.78, 5) is 31.0. The third kappa shape index (κ3) is 3.46. The number of carbonyl (C=O) groups is 2. The van der Waals surface area contributed by atoms with Gasteiger partial charge in [0.15, 0.2) is 5.66 Å². The van der Waals surface area contributed by atoms with E-state index in [0.29, 0.717) is 22.5 Å². The summed E-state index contributed by atoms with van der Waals surface area (Å²) in [7, 11) is 2.58. The maximum atomic E-state index is 13.9. The van der Waals surface area contributed by atoms with Gasteiger partial charge in [0.1, 0.15) is 11.2 Å². The van der Waals surface area contributed by atoms with E-state index in [9.17, 15) is 9.59 Å². The van der Waals surface area contributed by atoms with Crippen LogP contribution in [0.1, 0.15) is 11.1 Å². The van der Waals surface area contributed by atoms with E-state index in [4.69, 9.17) is 20.0 Å². The van der Waals surface area contributed by atoms with Gasteiger partial charge in [0.05, 0.1) is 19.8 Å². The molecule has 6 rings (SSSR count). The number of benzene rings is 4. The van der Waals surface area contributed by atoms with E-state index in [1.165, 1.54) is 14.2 Å². The first-order chi connectivity index (χ1) is 19.6. The number of hydrogen-bond donors (Lipinski definition) is 0.